The van der Waals surface area contributed by atoms with E-state index in [1.807, 2.05) is 30.3 Å². The maximum atomic E-state index is 12.8. The summed E-state index contributed by atoms with van der Waals surface area (Å²) < 4.78 is 54.6. The molecule has 0 bridgehead atoms. The lowest BCUT2D eigenvalue weighted by Gasteiger charge is -2.17. The number of nitrogens with zero attached hydrogens (tertiary/aromatic N) is 1. The first-order chi connectivity index (χ1) is 16.1. The molecule has 0 radical (unpaired) electrons. The number of amides is 1. The highest BCUT2D eigenvalue weighted by Gasteiger charge is 2.21. The molecule has 3 aromatic rings. The Labute approximate surface area is 208 Å². The predicted octanol–water partition coefficient (Wildman–Crippen LogP) is 3.58. The van der Waals surface area contributed by atoms with Gasteiger partial charge in [-0.25, -0.2) is 21.6 Å². The van der Waals surface area contributed by atoms with Gasteiger partial charge in [-0.3, -0.25) is 4.79 Å². The summed E-state index contributed by atoms with van der Waals surface area (Å²) in [5.74, 6) is -0.407. The minimum Gasteiger partial charge on any atom is -0.326 e. The van der Waals surface area contributed by atoms with Crippen LogP contribution in [-0.2, 0) is 31.4 Å². The van der Waals surface area contributed by atoms with Crippen LogP contribution < -0.4 is 10.0 Å². The molecule has 3 aromatic carbocycles. The van der Waals surface area contributed by atoms with Gasteiger partial charge in [0.15, 0.2) is 0 Å². The molecular weight excluding hydrogens is 542 g/mol. The molecule has 3 rings (SSSR count). The summed E-state index contributed by atoms with van der Waals surface area (Å²) in [6, 6.07) is 21.2. The predicted molar refractivity (Wildman–Crippen MR) is 134 cm³/mol. The smallest absolute Gasteiger partial charge is 0.243 e. The minimum atomic E-state index is -3.72. The van der Waals surface area contributed by atoms with Crippen molar-refractivity contribution >= 4 is 47.6 Å². The van der Waals surface area contributed by atoms with Crippen molar-refractivity contribution in [2.24, 2.45) is 0 Å². The average molecular weight is 566 g/mol. The molecule has 0 spiro atoms. The van der Waals surface area contributed by atoms with Crippen LogP contribution in [0.3, 0.4) is 0 Å². The van der Waals surface area contributed by atoms with Gasteiger partial charge < -0.3 is 5.32 Å². The third kappa shape index (κ3) is 6.97. The second kappa shape index (κ2) is 11.2. The molecule has 0 aliphatic heterocycles. The lowest BCUT2D eigenvalue weighted by atomic mass is 10.2. The van der Waals surface area contributed by atoms with Crippen LogP contribution in [0.25, 0.3) is 0 Å². The Hall–Kier alpha value is -2.57. The Morgan fingerprint density at radius 3 is 2.06 bits per heavy atom. The van der Waals surface area contributed by atoms with Gasteiger partial charge in [0.05, 0.1) is 9.79 Å². The van der Waals surface area contributed by atoms with E-state index in [4.69, 9.17) is 0 Å². The van der Waals surface area contributed by atoms with Crippen LogP contribution in [0.15, 0.2) is 93.1 Å². The molecule has 0 heterocycles. The average Bonchev–Trinajstić information content (AvgIpc) is 2.80. The van der Waals surface area contributed by atoms with E-state index in [0.29, 0.717) is 5.69 Å². The van der Waals surface area contributed by atoms with Crippen LogP contribution in [0.4, 0.5) is 5.69 Å². The molecule has 0 fully saturated rings. The van der Waals surface area contributed by atoms with Gasteiger partial charge in [-0.1, -0.05) is 46.3 Å². The normalized spacial score (nSPS) is 12.0. The number of rotatable bonds is 10. The summed E-state index contributed by atoms with van der Waals surface area (Å²) in [6.45, 7) is 0.152. The molecule has 180 valence electrons. The van der Waals surface area contributed by atoms with E-state index < -0.39 is 26.0 Å². The number of halogens is 1. The molecular formula is C23H24BrN3O5S2. The van der Waals surface area contributed by atoms with Crippen molar-refractivity contribution in [1.82, 2.24) is 9.03 Å². The fourth-order valence-electron chi connectivity index (χ4n) is 3.04. The van der Waals surface area contributed by atoms with Crippen molar-refractivity contribution in [2.45, 2.75) is 22.8 Å². The number of hydrogen-bond donors (Lipinski definition) is 2. The van der Waals surface area contributed by atoms with Crippen LogP contribution >= 0.6 is 15.9 Å². The maximum Gasteiger partial charge on any atom is 0.243 e. The van der Waals surface area contributed by atoms with E-state index in [9.17, 15) is 21.6 Å². The van der Waals surface area contributed by atoms with Crippen LogP contribution in [0.1, 0.15) is 12.0 Å². The number of hydrogen-bond acceptors (Lipinski definition) is 5. The molecule has 0 aliphatic carbocycles. The number of carbonyl (C=O) groups excluding carboxylic acids is 1. The molecule has 2 N–H and O–H groups in total. The number of carbonyl (C=O) groups is 1. The van der Waals surface area contributed by atoms with Gasteiger partial charge in [-0.15, -0.1) is 0 Å². The Balaban J connectivity index is 1.53. The molecule has 0 aliphatic rings. The largest absolute Gasteiger partial charge is 0.326 e. The van der Waals surface area contributed by atoms with Crippen LogP contribution in [0, 0.1) is 0 Å². The Kier molecular flexibility index (Phi) is 8.61. The van der Waals surface area contributed by atoms with E-state index in [1.54, 1.807) is 12.1 Å². The Bertz CT molecular complexity index is 1330. The molecule has 0 saturated carbocycles. The van der Waals surface area contributed by atoms with Crippen molar-refractivity contribution in [3.05, 3.63) is 88.9 Å². The zero-order valence-corrected chi connectivity index (χ0v) is 21.5. The monoisotopic (exact) mass is 565 g/mol. The van der Waals surface area contributed by atoms with Crippen LogP contribution in [0.5, 0.6) is 0 Å². The molecule has 0 atom stereocenters. The van der Waals surface area contributed by atoms with Crippen molar-refractivity contribution in [3.8, 4) is 0 Å². The highest BCUT2D eigenvalue weighted by Crippen LogP contribution is 2.19. The second-order valence-electron chi connectivity index (χ2n) is 7.42. The first-order valence-electron chi connectivity index (χ1n) is 10.2. The zero-order valence-electron chi connectivity index (χ0n) is 18.3. The molecule has 0 aromatic heterocycles. The molecule has 8 nitrogen and oxygen atoms in total. The topological polar surface area (TPSA) is 113 Å². The van der Waals surface area contributed by atoms with Gasteiger partial charge in [0, 0.05) is 36.7 Å². The summed E-state index contributed by atoms with van der Waals surface area (Å²) >= 11 is 3.25. The summed E-state index contributed by atoms with van der Waals surface area (Å²) in [7, 11) is -5.91. The molecule has 34 heavy (non-hydrogen) atoms. The summed E-state index contributed by atoms with van der Waals surface area (Å²) in [4.78, 5) is 12.4. The van der Waals surface area contributed by atoms with Crippen molar-refractivity contribution in [1.29, 1.82) is 0 Å². The zero-order chi connectivity index (χ0) is 24.8. The minimum absolute atomic E-state index is 0.0824. The number of benzene rings is 3. The van der Waals surface area contributed by atoms with Crippen molar-refractivity contribution in [2.75, 3.05) is 18.9 Å². The number of sulfonamides is 2. The van der Waals surface area contributed by atoms with E-state index in [0.717, 1.165) is 10.0 Å². The second-order valence-corrected chi connectivity index (χ2v) is 12.1. The lowest BCUT2D eigenvalue weighted by Crippen LogP contribution is -2.28. The quantitative estimate of drug-likeness (QED) is 0.390. The Morgan fingerprint density at radius 1 is 0.853 bits per heavy atom. The third-order valence-electron chi connectivity index (χ3n) is 4.86. The van der Waals surface area contributed by atoms with E-state index in [1.165, 1.54) is 47.8 Å². The van der Waals surface area contributed by atoms with E-state index in [-0.39, 0.29) is 29.3 Å². The summed E-state index contributed by atoms with van der Waals surface area (Å²) in [5.41, 5.74) is 1.28. The van der Waals surface area contributed by atoms with Crippen molar-refractivity contribution < 1.29 is 21.6 Å². The fourth-order valence-corrected chi connectivity index (χ4v) is 5.49. The molecule has 0 unspecified atom stereocenters. The highest BCUT2D eigenvalue weighted by molar-refractivity contribution is 9.10. The molecule has 1 amide bonds. The van der Waals surface area contributed by atoms with Gasteiger partial charge in [0.1, 0.15) is 0 Å². The van der Waals surface area contributed by atoms with Crippen molar-refractivity contribution in [3.63, 3.8) is 0 Å². The Morgan fingerprint density at radius 2 is 1.44 bits per heavy atom. The summed E-state index contributed by atoms with van der Waals surface area (Å²) in [5, 5.41) is 2.63. The lowest BCUT2D eigenvalue weighted by molar-refractivity contribution is -0.116. The first kappa shape index (κ1) is 26.0. The number of nitrogens with one attached hydrogen (secondary N) is 2. The highest BCUT2D eigenvalue weighted by atomic mass is 79.9. The third-order valence-corrected chi connectivity index (χ3v) is 8.69. The van der Waals surface area contributed by atoms with E-state index in [2.05, 4.69) is 26.0 Å². The fraction of sp³-hybridized carbons (Fsp3) is 0.174. The molecule has 0 saturated heterocycles. The van der Waals surface area contributed by atoms with Crippen LogP contribution in [0.2, 0.25) is 0 Å². The number of anilines is 1. The van der Waals surface area contributed by atoms with Gasteiger partial charge >= 0.3 is 0 Å². The van der Waals surface area contributed by atoms with Crippen LogP contribution in [-0.4, -0.2) is 40.6 Å². The standard InChI is InChI=1S/C23H24BrN3O5S2/c1-27(17-18-5-3-2-4-6-18)34(31,32)22-13-9-20(10-14-22)26-23(28)15-16-25-33(29,30)21-11-7-19(24)8-12-21/h2-14,25H,15-17H2,1H3,(H,26,28). The van der Waals surface area contributed by atoms with Gasteiger partial charge in [-0.05, 0) is 54.1 Å². The summed E-state index contributed by atoms with van der Waals surface area (Å²) in [6.07, 6.45) is -0.0877. The molecule has 11 heteroatoms. The van der Waals surface area contributed by atoms with Gasteiger partial charge in [0.2, 0.25) is 26.0 Å². The SMILES string of the molecule is CN(Cc1ccccc1)S(=O)(=O)c1ccc(NC(=O)CCNS(=O)(=O)c2ccc(Br)cc2)cc1. The first-order valence-corrected chi connectivity index (χ1v) is 13.9. The van der Waals surface area contributed by atoms with Gasteiger partial charge in [0.25, 0.3) is 0 Å². The van der Waals surface area contributed by atoms with E-state index >= 15 is 0 Å². The maximum absolute atomic E-state index is 12.8. The van der Waals surface area contributed by atoms with Gasteiger partial charge in [-0.2, -0.15) is 4.31 Å².